The lowest BCUT2D eigenvalue weighted by atomic mass is 10.0. The topological polar surface area (TPSA) is 99.2 Å². The fourth-order valence-electron chi connectivity index (χ4n) is 2.22. The van der Waals surface area contributed by atoms with E-state index in [1.807, 2.05) is 0 Å². The summed E-state index contributed by atoms with van der Waals surface area (Å²) in [5, 5.41) is 11.5. The van der Waals surface area contributed by atoms with Crippen LogP contribution in [0.25, 0.3) is 0 Å². The largest absolute Gasteiger partial charge is 0.409 e. The Balaban J connectivity index is 2.71. The predicted molar refractivity (Wildman–Crippen MR) is 74.1 cm³/mol. The third kappa shape index (κ3) is 4.05. The molecule has 0 aromatic rings. The second kappa shape index (κ2) is 6.53. The van der Waals surface area contributed by atoms with E-state index >= 15 is 0 Å². The minimum absolute atomic E-state index is 0.0362. The standard InChI is InChI=1S/C11H24N4O3S/c1-9-5-4-6-15(7-9)19(17,18)14(3)8-10(2)11(12)13-16/h9-10,16H,4-8H2,1-3H3,(H2,12,13). The van der Waals surface area contributed by atoms with Crippen molar-refractivity contribution in [3.63, 3.8) is 0 Å². The van der Waals surface area contributed by atoms with Gasteiger partial charge < -0.3 is 10.9 Å². The van der Waals surface area contributed by atoms with Gasteiger partial charge in [0.1, 0.15) is 5.84 Å². The zero-order valence-corrected chi connectivity index (χ0v) is 12.6. The Morgan fingerprint density at radius 1 is 1.63 bits per heavy atom. The van der Waals surface area contributed by atoms with E-state index in [-0.39, 0.29) is 18.3 Å². The lowest BCUT2D eigenvalue weighted by Gasteiger charge is -2.33. The lowest BCUT2D eigenvalue weighted by Crippen LogP contribution is -2.48. The Morgan fingerprint density at radius 2 is 2.26 bits per heavy atom. The zero-order chi connectivity index (χ0) is 14.6. The summed E-state index contributed by atoms with van der Waals surface area (Å²) in [6, 6.07) is 0. The first-order valence-corrected chi connectivity index (χ1v) is 7.87. The summed E-state index contributed by atoms with van der Waals surface area (Å²) in [6.45, 7) is 5.10. The van der Waals surface area contributed by atoms with E-state index < -0.39 is 10.2 Å². The first-order chi connectivity index (χ1) is 8.78. The molecule has 0 bridgehead atoms. The molecule has 0 aromatic carbocycles. The summed E-state index contributed by atoms with van der Waals surface area (Å²) in [5.74, 6) is 0.0967. The monoisotopic (exact) mass is 292 g/mol. The molecule has 2 unspecified atom stereocenters. The van der Waals surface area contributed by atoms with E-state index in [0.717, 1.165) is 12.8 Å². The molecule has 19 heavy (non-hydrogen) atoms. The molecule has 1 fully saturated rings. The molecule has 0 radical (unpaired) electrons. The van der Waals surface area contributed by atoms with Crippen LogP contribution < -0.4 is 5.73 Å². The summed E-state index contributed by atoms with van der Waals surface area (Å²) in [6.07, 6.45) is 1.96. The summed E-state index contributed by atoms with van der Waals surface area (Å²) >= 11 is 0. The summed E-state index contributed by atoms with van der Waals surface area (Å²) in [7, 11) is -1.93. The van der Waals surface area contributed by atoms with Gasteiger partial charge in [0.05, 0.1) is 0 Å². The molecule has 0 spiro atoms. The highest BCUT2D eigenvalue weighted by molar-refractivity contribution is 7.86. The summed E-state index contributed by atoms with van der Waals surface area (Å²) in [5.41, 5.74) is 5.47. The van der Waals surface area contributed by atoms with Gasteiger partial charge in [-0.05, 0) is 18.8 Å². The maximum atomic E-state index is 12.4. The van der Waals surface area contributed by atoms with Gasteiger partial charge in [-0.2, -0.15) is 17.0 Å². The molecule has 2 atom stereocenters. The number of oxime groups is 1. The third-order valence-electron chi connectivity index (χ3n) is 3.49. The molecule has 0 amide bonds. The number of hydrogen-bond donors (Lipinski definition) is 2. The summed E-state index contributed by atoms with van der Waals surface area (Å²) in [4.78, 5) is 0. The van der Waals surface area contributed by atoms with E-state index in [0.29, 0.717) is 19.0 Å². The predicted octanol–water partition coefficient (Wildman–Crippen LogP) is 0.277. The van der Waals surface area contributed by atoms with Crippen molar-refractivity contribution in [1.82, 2.24) is 8.61 Å². The lowest BCUT2D eigenvalue weighted by molar-refractivity contribution is 0.261. The molecule has 1 rings (SSSR count). The first kappa shape index (κ1) is 16.2. The fraction of sp³-hybridized carbons (Fsp3) is 0.909. The van der Waals surface area contributed by atoms with Crippen LogP contribution in [-0.2, 0) is 10.2 Å². The van der Waals surface area contributed by atoms with Crippen LogP contribution in [0, 0.1) is 11.8 Å². The Labute approximate surface area is 115 Å². The summed E-state index contributed by atoms with van der Waals surface area (Å²) < 4.78 is 27.6. The van der Waals surface area contributed by atoms with Crippen molar-refractivity contribution in [1.29, 1.82) is 0 Å². The maximum absolute atomic E-state index is 12.4. The van der Waals surface area contributed by atoms with Crippen LogP contribution in [0.1, 0.15) is 26.7 Å². The average molecular weight is 292 g/mol. The number of hydrogen-bond acceptors (Lipinski definition) is 4. The SMILES string of the molecule is CC1CCCN(S(=O)(=O)N(C)CC(C)/C(N)=N/O)C1. The van der Waals surface area contributed by atoms with Gasteiger partial charge in [0.15, 0.2) is 0 Å². The molecule has 7 nitrogen and oxygen atoms in total. The molecule has 8 heteroatoms. The van der Waals surface area contributed by atoms with Crippen LogP contribution in [0.5, 0.6) is 0 Å². The van der Waals surface area contributed by atoms with Crippen molar-refractivity contribution in [2.75, 3.05) is 26.7 Å². The number of piperidine rings is 1. The Morgan fingerprint density at radius 3 is 2.79 bits per heavy atom. The Hall–Kier alpha value is -0.860. The normalized spacial score (nSPS) is 24.6. The van der Waals surface area contributed by atoms with Gasteiger partial charge in [0.25, 0.3) is 10.2 Å². The van der Waals surface area contributed by atoms with Gasteiger partial charge in [-0.15, -0.1) is 0 Å². The second-order valence-corrected chi connectivity index (χ2v) is 7.36. The average Bonchev–Trinajstić information content (AvgIpc) is 2.37. The molecule has 1 heterocycles. The maximum Gasteiger partial charge on any atom is 0.281 e. The van der Waals surface area contributed by atoms with Crippen molar-refractivity contribution < 1.29 is 13.6 Å². The van der Waals surface area contributed by atoms with Crippen LogP contribution in [0.4, 0.5) is 0 Å². The number of rotatable bonds is 5. The van der Waals surface area contributed by atoms with Gasteiger partial charge in [-0.25, -0.2) is 0 Å². The van der Waals surface area contributed by atoms with Gasteiger partial charge in [0, 0.05) is 32.6 Å². The molecular weight excluding hydrogens is 268 g/mol. The Bertz CT molecular complexity index is 424. The van der Waals surface area contributed by atoms with E-state index in [1.54, 1.807) is 6.92 Å². The highest BCUT2D eigenvalue weighted by Crippen LogP contribution is 2.20. The van der Waals surface area contributed by atoms with Crippen LogP contribution in [-0.4, -0.2) is 54.8 Å². The van der Waals surface area contributed by atoms with Crippen LogP contribution in [0.2, 0.25) is 0 Å². The van der Waals surface area contributed by atoms with Gasteiger partial charge >= 0.3 is 0 Å². The van der Waals surface area contributed by atoms with Crippen molar-refractivity contribution in [3.05, 3.63) is 0 Å². The number of nitrogens with two attached hydrogens (primary N) is 1. The molecule has 0 saturated carbocycles. The fourth-order valence-corrected chi connectivity index (χ4v) is 3.83. The smallest absolute Gasteiger partial charge is 0.281 e. The van der Waals surface area contributed by atoms with Crippen LogP contribution in [0.15, 0.2) is 5.16 Å². The molecule has 0 aliphatic carbocycles. The van der Waals surface area contributed by atoms with Crippen molar-refractivity contribution in [3.8, 4) is 0 Å². The molecule has 3 N–H and O–H groups in total. The van der Waals surface area contributed by atoms with Crippen LogP contribution >= 0.6 is 0 Å². The minimum atomic E-state index is -3.46. The number of amidine groups is 1. The quantitative estimate of drug-likeness (QED) is 0.329. The minimum Gasteiger partial charge on any atom is -0.409 e. The van der Waals surface area contributed by atoms with E-state index in [9.17, 15) is 8.42 Å². The van der Waals surface area contributed by atoms with Crippen molar-refractivity contribution in [2.45, 2.75) is 26.7 Å². The highest BCUT2D eigenvalue weighted by Gasteiger charge is 2.31. The van der Waals surface area contributed by atoms with E-state index in [4.69, 9.17) is 10.9 Å². The molecule has 0 aromatic heterocycles. The number of nitrogens with zero attached hydrogens (tertiary/aromatic N) is 3. The van der Waals surface area contributed by atoms with Gasteiger partial charge in [0.2, 0.25) is 0 Å². The first-order valence-electron chi connectivity index (χ1n) is 6.47. The van der Waals surface area contributed by atoms with Crippen molar-refractivity contribution in [2.24, 2.45) is 22.7 Å². The molecule has 1 saturated heterocycles. The van der Waals surface area contributed by atoms with Gasteiger partial charge in [-0.1, -0.05) is 19.0 Å². The Kier molecular flexibility index (Phi) is 5.57. The second-order valence-electron chi connectivity index (χ2n) is 5.32. The molecule has 1 aliphatic rings. The zero-order valence-electron chi connectivity index (χ0n) is 11.8. The molecule has 112 valence electrons. The molecular formula is C11H24N4O3S. The van der Waals surface area contributed by atoms with E-state index in [2.05, 4.69) is 12.1 Å². The third-order valence-corrected chi connectivity index (χ3v) is 5.41. The highest BCUT2D eigenvalue weighted by atomic mass is 32.2. The molecule has 1 aliphatic heterocycles. The van der Waals surface area contributed by atoms with Crippen LogP contribution in [0.3, 0.4) is 0 Å². The van der Waals surface area contributed by atoms with Gasteiger partial charge in [-0.3, -0.25) is 0 Å². The van der Waals surface area contributed by atoms with E-state index in [1.165, 1.54) is 15.7 Å². The van der Waals surface area contributed by atoms with Crippen molar-refractivity contribution >= 4 is 16.0 Å².